The van der Waals surface area contributed by atoms with E-state index in [0.29, 0.717) is 0 Å². The Labute approximate surface area is 98.3 Å². The van der Waals surface area contributed by atoms with Gasteiger partial charge in [0.1, 0.15) is 18.2 Å². The minimum absolute atomic E-state index is 0.125. The van der Waals surface area contributed by atoms with Crippen molar-refractivity contribution in [2.24, 2.45) is 0 Å². The van der Waals surface area contributed by atoms with Gasteiger partial charge in [-0.2, -0.15) is 0 Å². The summed E-state index contributed by atoms with van der Waals surface area (Å²) >= 11 is 0. The first-order valence-corrected chi connectivity index (χ1v) is 4.96. The van der Waals surface area contributed by atoms with Crippen LogP contribution in [0.4, 0.5) is 4.39 Å². The Morgan fingerprint density at radius 3 is 2.59 bits per heavy atom. The van der Waals surface area contributed by atoms with Gasteiger partial charge in [-0.3, -0.25) is 9.59 Å². The van der Waals surface area contributed by atoms with Crippen LogP contribution in [-0.2, 0) is 9.53 Å². The number of hydrogen-bond donors (Lipinski definition) is 0. The second-order valence-electron chi connectivity index (χ2n) is 3.39. The highest BCUT2D eigenvalue weighted by Gasteiger charge is 2.19. The third kappa shape index (κ3) is 3.35. The number of carbonyl (C=O) groups is 2. The van der Waals surface area contributed by atoms with Crippen molar-refractivity contribution in [2.45, 2.75) is 6.42 Å². The van der Waals surface area contributed by atoms with Crippen LogP contribution in [0, 0.1) is 5.82 Å². The van der Waals surface area contributed by atoms with Crippen LogP contribution in [0.15, 0.2) is 18.2 Å². The average Bonchev–Trinajstić information content (AvgIpc) is 2.28. The summed E-state index contributed by atoms with van der Waals surface area (Å²) in [7, 11) is 2.69. The smallest absolute Gasteiger partial charge is 0.177 e. The van der Waals surface area contributed by atoms with Gasteiger partial charge in [-0.1, -0.05) is 6.07 Å². The van der Waals surface area contributed by atoms with Crippen LogP contribution in [0.5, 0.6) is 5.75 Å². The summed E-state index contributed by atoms with van der Waals surface area (Å²) in [5.74, 6) is -1.58. The lowest BCUT2D eigenvalue weighted by molar-refractivity contribution is -0.121. The summed E-state index contributed by atoms with van der Waals surface area (Å²) in [4.78, 5) is 23.0. The van der Waals surface area contributed by atoms with Gasteiger partial charge in [-0.05, 0) is 12.1 Å². The molecule has 1 rings (SSSR count). The Morgan fingerprint density at radius 2 is 2.00 bits per heavy atom. The summed E-state index contributed by atoms with van der Waals surface area (Å²) < 4.78 is 23.0. The molecule has 5 heteroatoms. The standard InChI is InChI=1S/C12H13FO4/c1-16-7-8(14)6-10(15)12-9(13)4-3-5-11(12)17-2/h3-5H,6-7H2,1-2H3. The third-order valence-corrected chi connectivity index (χ3v) is 2.14. The number of hydrogen-bond acceptors (Lipinski definition) is 4. The van der Waals surface area contributed by atoms with E-state index >= 15 is 0 Å². The zero-order valence-corrected chi connectivity index (χ0v) is 9.66. The van der Waals surface area contributed by atoms with E-state index in [2.05, 4.69) is 4.74 Å². The van der Waals surface area contributed by atoms with Crippen LogP contribution < -0.4 is 4.74 Å². The van der Waals surface area contributed by atoms with Crippen molar-refractivity contribution in [2.75, 3.05) is 20.8 Å². The van der Waals surface area contributed by atoms with E-state index in [0.717, 1.165) is 6.07 Å². The van der Waals surface area contributed by atoms with Gasteiger partial charge < -0.3 is 9.47 Å². The van der Waals surface area contributed by atoms with E-state index in [4.69, 9.17) is 4.74 Å². The van der Waals surface area contributed by atoms with Gasteiger partial charge in [-0.15, -0.1) is 0 Å². The molecule has 0 fully saturated rings. The molecule has 0 aliphatic rings. The van der Waals surface area contributed by atoms with Gasteiger partial charge in [0.2, 0.25) is 0 Å². The average molecular weight is 240 g/mol. The molecule has 0 atom stereocenters. The first-order chi connectivity index (χ1) is 8.10. The Kier molecular flexibility index (Phi) is 4.78. The molecular formula is C12H13FO4. The van der Waals surface area contributed by atoms with Crippen LogP contribution in [0.1, 0.15) is 16.8 Å². The molecule has 92 valence electrons. The quantitative estimate of drug-likeness (QED) is 0.560. The molecule has 0 heterocycles. The van der Waals surface area contributed by atoms with Crippen molar-refractivity contribution in [3.8, 4) is 5.75 Å². The van der Waals surface area contributed by atoms with Gasteiger partial charge in [0, 0.05) is 7.11 Å². The molecule has 0 unspecified atom stereocenters. The highest BCUT2D eigenvalue weighted by Crippen LogP contribution is 2.22. The first-order valence-electron chi connectivity index (χ1n) is 4.96. The predicted molar refractivity (Wildman–Crippen MR) is 58.8 cm³/mol. The molecule has 17 heavy (non-hydrogen) atoms. The lowest BCUT2D eigenvalue weighted by Gasteiger charge is -2.07. The SMILES string of the molecule is COCC(=O)CC(=O)c1c(F)cccc1OC. The Hall–Kier alpha value is -1.75. The fourth-order valence-electron chi connectivity index (χ4n) is 1.42. The number of carbonyl (C=O) groups excluding carboxylic acids is 2. The van der Waals surface area contributed by atoms with Crippen LogP contribution in [0.3, 0.4) is 0 Å². The van der Waals surface area contributed by atoms with Crippen LogP contribution in [0.2, 0.25) is 0 Å². The second kappa shape index (κ2) is 6.10. The predicted octanol–water partition coefficient (Wildman–Crippen LogP) is 1.62. The molecule has 0 bridgehead atoms. The van der Waals surface area contributed by atoms with Crippen LogP contribution in [0.25, 0.3) is 0 Å². The summed E-state index contributed by atoms with van der Waals surface area (Å²) in [5.41, 5.74) is -0.195. The summed E-state index contributed by atoms with van der Waals surface area (Å²) in [6, 6.07) is 4.05. The molecule has 0 spiro atoms. The number of halogens is 1. The zero-order valence-electron chi connectivity index (χ0n) is 9.66. The fraction of sp³-hybridized carbons (Fsp3) is 0.333. The van der Waals surface area contributed by atoms with Crippen LogP contribution >= 0.6 is 0 Å². The van der Waals surface area contributed by atoms with Crippen molar-refractivity contribution < 1.29 is 23.5 Å². The van der Waals surface area contributed by atoms with Crippen molar-refractivity contribution in [1.82, 2.24) is 0 Å². The number of ketones is 2. The molecule has 0 aliphatic heterocycles. The molecule has 0 saturated carbocycles. The maximum atomic E-state index is 13.5. The summed E-state index contributed by atoms with van der Waals surface area (Å²) in [6.07, 6.45) is -0.398. The normalized spacial score (nSPS) is 10.1. The van der Waals surface area contributed by atoms with E-state index in [1.54, 1.807) is 0 Å². The Morgan fingerprint density at radius 1 is 1.29 bits per heavy atom. The van der Waals surface area contributed by atoms with Crippen molar-refractivity contribution >= 4 is 11.6 Å². The maximum absolute atomic E-state index is 13.5. The van der Waals surface area contributed by atoms with E-state index < -0.39 is 23.8 Å². The number of ether oxygens (including phenoxy) is 2. The molecular weight excluding hydrogens is 227 g/mol. The molecule has 0 amide bonds. The monoisotopic (exact) mass is 240 g/mol. The van der Waals surface area contributed by atoms with Gasteiger partial charge in [0.25, 0.3) is 0 Å². The summed E-state index contributed by atoms with van der Waals surface area (Å²) in [6.45, 7) is -0.164. The number of Topliss-reactive ketones (excluding diaryl/α,β-unsaturated/α-hetero) is 2. The molecule has 0 aromatic heterocycles. The van der Waals surface area contributed by atoms with E-state index in [-0.39, 0.29) is 17.9 Å². The fourth-order valence-corrected chi connectivity index (χ4v) is 1.42. The number of methoxy groups -OCH3 is 2. The molecule has 1 aromatic rings. The largest absolute Gasteiger partial charge is 0.496 e. The first kappa shape index (κ1) is 13.3. The molecule has 0 saturated heterocycles. The van der Waals surface area contributed by atoms with Crippen molar-refractivity contribution in [1.29, 1.82) is 0 Å². The van der Waals surface area contributed by atoms with Gasteiger partial charge >= 0.3 is 0 Å². The van der Waals surface area contributed by atoms with E-state index in [1.807, 2.05) is 0 Å². The van der Waals surface area contributed by atoms with Gasteiger partial charge in [0.05, 0.1) is 19.1 Å². The topological polar surface area (TPSA) is 52.6 Å². The van der Waals surface area contributed by atoms with Gasteiger partial charge in [-0.25, -0.2) is 4.39 Å². The molecule has 4 nitrogen and oxygen atoms in total. The highest BCUT2D eigenvalue weighted by molar-refractivity contribution is 6.09. The van der Waals surface area contributed by atoms with Crippen molar-refractivity contribution in [3.63, 3.8) is 0 Å². The lowest BCUT2D eigenvalue weighted by Crippen LogP contribution is -2.14. The third-order valence-electron chi connectivity index (χ3n) is 2.14. The Bertz CT molecular complexity index is 429. The van der Waals surface area contributed by atoms with E-state index in [9.17, 15) is 14.0 Å². The summed E-state index contributed by atoms with van der Waals surface area (Å²) in [5, 5.41) is 0. The molecule has 1 aromatic carbocycles. The molecule has 0 aliphatic carbocycles. The minimum Gasteiger partial charge on any atom is -0.496 e. The van der Waals surface area contributed by atoms with Crippen molar-refractivity contribution in [3.05, 3.63) is 29.6 Å². The molecule has 0 radical (unpaired) electrons. The maximum Gasteiger partial charge on any atom is 0.177 e. The Balaban J connectivity index is 2.92. The molecule has 0 N–H and O–H groups in total. The zero-order chi connectivity index (χ0) is 12.8. The van der Waals surface area contributed by atoms with Crippen LogP contribution in [-0.4, -0.2) is 32.4 Å². The number of rotatable bonds is 6. The van der Waals surface area contributed by atoms with E-state index in [1.165, 1.54) is 26.4 Å². The highest BCUT2D eigenvalue weighted by atomic mass is 19.1. The number of benzene rings is 1. The minimum atomic E-state index is -0.695. The second-order valence-corrected chi connectivity index (χ2v) is 3.39. The lowest BCUT2D eigenvalue weighted by atomic mass is 10.0. The van der Waals surface area contributed by atoms with Gasteiger partial charge in [0.15, 0.2) is 11.6 Å².